The monoisotopic (exact) mass is 357 g/mol. The van der Waals surface area contributed by atoms with Crippen LogP contribution in [-0.4, -0.2) is 44.2 Å². The van der Waals surface area contributed by atoms with E-state index in [2.05, 4.69) is 40.6 Å². The molecule has 7 nitrogen and oxygen atoms in total. The Hall–Kier alpha value is -1.99. The summed E-state index contributed by atoms with van der Waals surface area (Å²) in [5.74, 6) is 0.470. The molecular formula is C19H27N5O2. The average Bonchev–Trinajstić information content (AvgIpc) is 2.96. The van der Waals surface area contributed by atoms with Crippen molar-refractivity contribution in [3.05, 3.63) is 45.6 Å². The summed E-state index contributed by atoms with van der Waals surface area (Å²) >= 11 is 0. The lowest BCUT2D eigenvalue weighted by atomic mass is 9.92. The van der Waals surface area contributed by atoms with E-state index in [1.54, 1.807) is 10.7 Å². The van der Waals surface area contributed by atoms with Crippen LogP contribution in [0.5, 0.6) is 0 Å². The topological polar surface area (TPSA) is 65.2 Å². The van der Waals surface area contributed by atoms with Gasteiger partial charge in [-0.25, -0.2) is 4.68 Å². The lowest BCUT2D eigenvalue weighted by Crippen LogP contribution is -2.49. The Bertz CT molecular complexity index is 842. The summed E-state index contributed by atoms with van der Waals surface area (Å²) in [6.45, 7) is 12.2. The maximum atomic E-state index is 12.1. The van der Waals surface area contributed by atoms with Crippen molar-refractivity contribution in [2.75, 3.05) is 19.7 Å². The number of aromatic nitrogens is 4. The highest BCUT2D eigenvalue weighted by Crippen LogP contribution is 2.23. The number of hydrogen-bond donors (Lipinski definition) is 0. The van der Waals surface area contributed by atoms with E-state index in [-0.39, 0.29) is 11.0 Å². The largest absolute Gasteiger partial charge is 0.373 e. The van der Waals surface area contributed by atoms with Crippen LogP contribution in [0.25, 0.3) is 0 Å². The molecule has 0 bridgehead atoms. The molecule has 26 heavy (non-hydrogen) atoms. The van der Waals surface area contributed by atoms with Gasteiger partial charge in [-0.1, -0.05) is 20.8 Å². The molecule has 2 aromatic heterocycles. The van der Waals surface area contributed by atoms with E-state index in [1.165, 1.54) is 11.3 Å². The molecule has 4 rings (SSSR count). The molecule has 0 amide bonds. The van der Waals surface area contributed by atoms with Crippen molar-refractivity contribution in [2.45, 2.75) is 52.4 Å². The molecule has 0 saturated carbocycles. The predicted molar refractivity (Wildman–Crippen MR) is 97.8 cm³/mol. The van der Waals surface area contributed by atoms with Gasteiger partial charge in [-0.3, -0.25) is 14.4 Å². The molecule has 0 N–H and O–H groups in total. The SMILES string of the molecule is CC(C)(C)c1ccc(=O)n(CC2CN(Cc3cnn4c3COCC4)C2)n1. The highest BCUT2D eigenvalue weighted by atomic mass is 16.5. The van der Waals surface area contributed by atoms with Gasteiger partial charge in [0, 0.05) is 42.6 Å². The van der Waals surface area contributed by atoms with Crippen molar-refractivity contribution >= 4 is 0 Å². The fourth-order valence-corrected chi connectivity index (χ4v) is 3.65. The molecule has 2 aromatic rings. The van der Waals surface area contributed by atoms with Crippen LogP contribution in [0.3, 0.4) is 0 Å². The lowest BCUT2D eigenvalue weighted by Gasteiger charge is -2.39. The number of nitrogens with zero attached hydrogens (tertiary/aromatic N) is 5. The Morgan fingerprint density at radius 1 is 1.27 bits per heavy atom. The number of rotatable bonds is 4. The highest BCUT2D eigenvalue weighted by Gasteiger charge is 2.29. The van der Waals surface area contributed by atoms with Crippen LogP contribution in [0, 0.1) is 5.92 Å². The number of hydrogen-bond acceptors (Lipinski definition) is 5. The fourth-order valence-electron chi connectivity index (χ4n) is 3.65. The van der Waals surface area contributed by atoms with Crippen molar-refractivity contribution < 1.29 is 4.74 Å². The van der Waals surface area contributed by atoms with Crippen molar-refractivity contribution in [3.63, 3.8) is 0 Å². The van der Waals surface area contributed by atoms with E-state index in [4.69, 9.17) is 4.74 Å². The van der Waals surface area contributed by atoms with Crippen molar-refractivity contribution in [1.29, 1.82) is 0 Å². The fraction of sp³-hybridized carbons (Fsp3) is 0.632. The van der Waals surface area contributed by atoms with Crippen molar-refractivity contribution in [1.82, 2.24) is 24.5 Å². The van der Waals surface area contributed by atoms with Crippen LogP contribution in [0.2, 0.25) is 0 Å². The van der Waals surface area contributed by atoms with Crippen molar-refractivity contribution in [2.24, 2.45) is 5.92 Å². The van der Waals surface area contributed by atoms with E-state index in [1.807, 2.05) is 12.3 Å². The minimum absolute atomic E-state index is 0.0145. The third kappa shape index (κ3) is 3.46. The molecular weight excluding hydrogens is 330 g/mol. The zero-order valence-corrected chi connectivity index (χ0v) is 15.8. The Balaban J connectivity index is 1.36. The second-order valence-electron chi connectivity index (χ2n) is 8.44. The smallest absolute Gasteiger partial charge is 0.266 e. The van der Waals surface area contributed by atoms with Crippen molar-refractivity contribution in [3.8, 4) is 0 Å². The predicted octanol–water partition coefficient (Wildman–Crippen LogP) is 1.40. The Labute approximate surface area is 153 Å². The maximum absolute atomic E-state index is 12.1. The molecule has 2 aliphatic rings. The van der Waals surface area contributed by atoms with Crippen LogP contribution in [-0.2, 0) is 36.4 Å². The minimum atomic E-state index is -0.0509. The summed E-state index contributed by atoms with van der Waals surface area (Å²) in [4.78, 5) is 14.5. The number of fused-ring (bicyclic) bond motifs is 1. The molecule has 0 atom stereocenters. The molecule has 0 aromatic carbocycles. The van der Waals surface area contributed by atoms with E-state index in [0.717, 1.165) is 38.5 Å². The van der Waals surface area contributed by atoms with Gasteiger partial charge in [0.1, 0.15) is 0 Å². The van der Waals surface area contributed by atoms with Gasteiger partial charge >= 0.3 is 0 Å². The van der Waals surface area contributed by atoms with Crippen LogP contribution in [0.4, 0.5) is 0 Å². The number of likely N-dealkylation sites (tertiary alicyclic amines) is 1. The first-order valence-electron chi connectivity index (χ1n) is 9.32. The van der Waals surface area contributed by atoms with E-state index in [9.17, 15) is 4.79 Å². The number of ether oxygens (including phenoxy) is 1. The van der Waals surface area contributed by atoms with Crippen LogP contribution in [0.15, 0.2) is 23.1 Å². The standard InChI is InChI=1S/C19H27N5O2/c1-19(2,3)17-4-5-18(25)24(21-17)11-14-9-22(10-14)12-15-8-20-23-6-7-26-13-16(15)23/h4-5,8,14H,6-7,9-13H2,1-3H3. The molecule has 0 radical (unpaired) electrons. The molecule has 0 aliphatic carbocycles. The van der Waals surface area contributed by atoms with Gasteiger partial charge in [-0.2, -0.15) is 10.2 Å². The normalized spacial score (nSPS) is 18.6. The Morgan fingerprint density at radius 3 is 2.85 bits per heavy atom. The Morgan fingerprint density at radius 2 is 2.08 bits per heavy atom. The first-order valence-corrected chi connectivity index (χ1v) is 9.32. The maximum Gasteiger partial charge on any atom is 0.266 e. The Kier molecular flexibility index (Phi) is 4.44. The molecule has 1 saturated heterocycles. The van der Waals surface area contributed by atoms with Gasteiger partial charge < -0.3 is 4.74 Å². The van der Waals surface area contributed by atoms with Gasteiger partial charge in [0.05, 0.1) is 43.9 Å². The van der Waals surface area contributed by atoms with E-state index >= 15 is 0 Å². The molecule has 140 valence electrons. The third-order valence-electron chi connectivity index (χ3n) is 5.21. The summed E-state index contributed by atoms with van der Waals surface area (Å²) in [7, 11) is 0. The highest BCUT2D eigenvalue weighted by molar-refractivity contribution is 5.18. The molecule has 2 aliphatic heterocycles. The minimum Gasteiger partial charge on any atom is -0.373 e. The molecule has 1 fully saturated rings. The molecule has 0 unspecified atom stereocenters. The van der Waals surface area contributed by atoms with Gasteiger partial charge in [-0.05, 0) is 6.07 Å². The average molecular weight is 357 g/mol. The second kappa shape index (κ2) is 6.63. The quantitative estimate of drug-likeness (QED) is 0.828. The summed E-state index contributed by atoms with van der Waals surface area (Å²) in [6, 6.07) is 3.49. The summed E-state index contributed by atoms with van der Waals surface area (Å²) in [5.41, 5.74) is 3.35. The lowest BCUT2D eigenvalue weighted by molar-refractivity contribution is 0.0671. The van der Waals surface area contributed by atoms with E-state index < -0.39 is 0 Å². The first-order chi connectivity index (χ1) is 12.4. The van der Waals surface area contributed by atoms with Gasteiger partial charge in [0.2, 0.25) is 0 Å². The summed E-state index contributed by atoms with van der Waals surface area (Å²) in [5, 5.41) is 9.03. The molecule has 7 heteroatoms. The van der Waals surface area contributed by atoms with Gasteiger partial charge in [0.15, 0.2) is 0 Å². The van der Waals surface area contributed by atoms with Gasteiger partial charge in [-0.15, -0.1) is 0 Å². The molecule has 4 heterocycles. The van der Waals surface area contributed by atoms with Crippen LogP contribution in [0.1, 0.15) is 37.7 Å². The summed E-state index contributed by atoms with van der Waals surface area (Å²) < 4.78 is 9.24. The van der Waals surface area contributed by atoms with Crippen LogP contribution < -0.4 is 5.56 Å². The van der Waals surface area contributed by atoms with Crippen LogP contribution >= 0.6 is 0 Å². The third-order valence-corrected chi connectivity index (χ3v) is 5.21. The zero-order valence-electron chi connectivity index (χ0n) is 15.8. The summed E-state index contributed by atoms with van der Waals surface area (Å²) in [6.07, 6.45) is 1.97. The molecule has 0 spiro atoms. The van der Waals surface area contributed by atoms with Gasteiger partial charge in [0.25, 0.3) is 5.56 Å². The first kappa shape index (κ1) is 17.4. The second-order valence-corrected chi connectivity index (χ2v) is 8.44. The zero-order chi connectivity index (χ0) is 18.3. The van der Waals surface area contributed by atoms with E-state index in [0.29, 0.717) is 19.1 Å².